The molecule has 0 spiro atoms. The maximum Gasteiger partial charge on any atom is 0.191 e. The summed E-state index contributed by atoms with van der Waals surface area (Å²) in [6.07, 6.45) is 0.863. The standard InChI is InChI=1S/C18H26N4O2/c1-4-15-12-17(24-22-15)13-21-18(19-5-2)20-10-11-23-16-8-6-14(3)7-9-16/h6-9,12H,4-5,10-11,13H2,1-3H3,(H2,19,20,21). The molecule has 6 nitrogen and oxygen atoms in total. The molecule has 24 heavy (non-hydrogen) atoms. The Morgan fingerprint density at radius 2 is 2.00 bits per heavy atom. The molecule has 0 aliphatic heterocycles. The fourth-order valence-electron chi connectivity index (χ4n) is 2.07. The Morgan fingerprint density at radius 1 is 1.21 bits per heavy atom. The Balaban J connectivity index is 1.77. The van der Waals surface area contributed by atoms with Crippen LogP contribution in [0.1, 0.15) is 30.9 Å². The van der Waals surface area contributed by atoms with Crippen molar-refractivity contribution in [2.75, 3.05) is 19.7 Å². The summed E-state index contributed by atoms with van der Waals surface area (Å²) in [6, 6.07) is 9.97. The van der Waals surface area contributed by atoms with Gasteiger partial charge in [0.1, 0.15) is 18.9 Å². The van der Waals surface area contributed by atoms with Gasteiger partial charge in [-0.2, -0.15) is 0 Å². The van der Waals surface area contributed by atoms with Crippen molar-refractivity contribution in [3.8, 4) is 5.75 Å². The fraction of sp³-hybridized carbons (Fsp3) is 0.444. The Bertz CT molecular complexity index is 635. The average molecular weight is 330 g/mol. The first kappa shape index (κ1) is 17.8. The second-order valence-corrected chi connectivity index (χ2v) is 5.42. The van der Waals surface area contributed by atoms with Gasteiger partial charge in [0.15, 0.2) is 11.7 Å². The maximum atomic E-state index is 5.70. The number of guanidine groups is 1. The van der Waals surface area contributed by atoms with E-state index in [9.17, 15) is 0 Å². The number of benzene rings is 1. The third kappa shape index (κ3) is 5.95. The summed E-state index contributed by atoms with van der Waals surface area (Å²) >= 11 is 0. The number of hydrogen-bond donors (Lipinski definition) is 2. The molecule has 1 heterocycles. The highest BCUT2D eigenvalue weighted by molar-refractivity contribution is 5.79. The number of aliphatic imine (C=N–C) groups is 1. The van der Waals surface area contributed by atoms with Gasteiger partial charge in [-0.25, -0.2) is 4.99 Å². The minimum absolute atomic E-state index is 0.459. The number of aryl methyl sites for hydroxylation is 2. The molecular formula is C18H26N4O2. The Labute approximate surface area is 143 Å². The number of nitrogens with zero attached hydrogens (tertiary/aromatic N) is 2. The van der Waals surface area contributed by atoms with Crippen molar-refractivity contribution in [2.45, 2.75) is 33.7 Å². The lowest BCUT2D eigenvalue weighted by atomic mass is 10.2. The van der Waals surface area contributed by atoms with Gasteiger partial charge < -0.3 is 19.9 Å². The van der Waals surface area contributed by atoms with Crippen molar-refractivity contribution in [1.29, 1.82) is 0 Å². The Kier molecular flexibility index (Phi) is 7.14. The van der Waals surface area contributed by atoms with Crippen molar-refractivity contribution >= 4 is 5.96 Å². The minimum Gasteiger partial charge on any atom is -0.492 e. The van der Waals surface area contributed by atoms with Crippen molar-refractivity contribution in [3.05, 3.63) is 47.3 Å². The predicted molar refractivity (Wildman–Crippen MR) is 95.4 cm³/mol. The van der Waals surface area contributed by atoms with Crippen molar-refractivity contribution in [2.24, 2.45) is 4.99 Å². The Hall–Kier alpha value is -2.50. The van der Waals surface area contributed by atoms with Gasteiger partial charge in [-0.05, 0) is 32.4 Å². The molecule has 2 aromatic rings. The number of aromatic nitrogens is 1. The molecule has 2 N–H and O–H groups in total. The summed E-state index contributed by atoms with van der Waals surface area (Å²) in [7, 11) is 0. The molecular weight excluding hydrogens is 304 g/mol. The first-order valence-electron chi connectivity index (χ1n) is 8.37. The smallest absolute Gasteiger partial charge is 0.191 e. The molecule has 6 heteroatoms. The lowest BCUT2D eigenvalue weighted by Gasteiger charge is -2.11. The zero-order valence-corrected chi connectivity index (χ0v) is 14.6. The first-order chi connectivity index (χ1) is 11.7. The van der Waals surface area contributed by atoms with Crippen molar-refractivity contribution < 1.29 is 9.26 Å². The van der Waals surface area contributed by atoms with E-state index in [4.69, 9.17) is 9.26 Å². The van der Waals surface area contributed by atoms with Crippen LogP contribution in [-0.4, -0.2) is 30.8 Å². The second kappa shape index (κ2) is 9.60. The average Bonchev–Trinajstić information content (AvgIpc) is 3.06. The van der Waals surface area contributed by atoms with E-state index in [1.54, 1.807) is 0 Å². The van der Waals surface area contributed by atoms with Crippen molar-refractivity contribution in [3.63, 3.8) is 0 Å². The fourth-order valence-corrected chi connectivity index (χ4v) is 2.07. The highest BCUT2D eigenvalue weighted by atomic mass is 16.5. The zero-order valence-electron chi connectivity index (χ0n) is 14.6. The summed E-state index contributed by atoms with van der Waals surface area (Å²) in [5.41, 5.74) is 2.17. The van der Waals surface area contributed by atoms with E-state index in [-0.39, 0.29) is 0 Å². The molecule has 0 aliphatic carbocycles. The normalized spacial score (nSPS) is 11.4. The van der Waals surface area contributed by atoms with E-state index in [1.165, 1.54) is 5.56 Å². The summed E-state index contributed by atoms with van der Waals surface area (Å²) in [4.78, 5) is 4.49. The van der Waals surface area contributed by atoms with E-state index in [2.05, 4.69) is 27.7 Å². The highest BCUT2D eigenvalue weighted by Gasteiger charge is 2.03. The van der Waals surface area contributed by atoms with Crippen LogP contribution < -0.4 is 15.4 Å². The summed E-state index contributed by atoms with van der Waals surface area (Å²) in [5, 5.41) is 10.4. The van der Waals surface area contributed by atoms with Crippen LogP contribution in [0.3, 0.4) is 0 Å². The van der Waals surface area contributed by atoms with Crippen LogP contribution in [0.2, 0.25) is 0 Å². The lowest BCUT2D eigenvalue weighted by Crippen LogP contribution is -2.39. The van der Waals surface area contributed by atoms with Gasteiger partial charge in [0.2, 0.25) is 0 Å². The summed E-state index contributed by atoms with van der Waals surface area (Å²) in [5.74, 6) is 2.37. The van der Waals surface area contributed by atoms with E-state index in [0.717, 1.165) is 36.1 Å². The molecule has 1 aromatic carbocycles. The van der Waals surface area contributed by atoms with Crippen molar-refractivity contribution in [1.82, 2.24) is 15.8 Å². The number of rotatable bonds is 8. The maximum absolute atomic E-state index is 5.70. The van der Waals surface area contributed by atoms with Crippen LogP contribution in [0.25, 0.3) is 0 Å². The van der Waals surface area contributed by atoms with Gasteiger partial charge in [-0.15, -0.1) is 0 Å². The molecule has 2 rings (SSSR count). The lowest BCUT2D eigenvalue weighted by molar-refractivity contribution is 0.322. The van der Waals surface area contributed by atoms with Crippen LogP contribution in [0.4, 0.5) is 0 Å². The number of nitrogens with one attached hydrogen (secondary N) is 2. The molecule has 1 aromatic heterocycles. The third-order valence-corrected chi connectivity index (χ3v) is 3.39. The summed E-state index contributed by atoms with van der Waals surface area (Å²) < 4.78 is 10.9. The van der Waals surface area contributed by atoms with Gasteiger partial charge in [0, 0.05) is 12.6 Å². The summed E-state index contributed by atoms with van der Waals surface area (Å²) in [6.45, 7) is 8.62. The molecule has 0 bridgehead atoms. The van der Waals surface area contributed by atoms with Gasteiger partial charge in [-0.1, -0.05) is 29.8 Å². The SMILES string of the molecule is CCNC(=NCc1cc(CC)no1)NCCOc1ccc(C)cc1. The molecule has 0 radical (unpaired) electrons. The van der Waals surface area contributed by atoms with E-state index in [0.29, 0.717) is 19.7 Å². The molecule has 0 atom stereocenters. The van der Waals surface area contributed by atoms with Gasteiger partial charge in [0.05, 0.1) is 12.2 Å². The molecule has 0 saturated carbocycles. The first-order valence-corrected chi connectivity index (χ1v) is 8.37. The third-order valence-electron chi connectivity index (χ3n) is 3.39. The van der Waals surface area contributed by atoms with Crippen LogP contribution in [0, 0.1) is 6.92 Å². The second-order valence-electron chi connectivity index (χ2n) is 5.42. The highest BCUT2D eigenvalue weighted by Crippen LogP contribution is 2.10. The molecule has 0 saturated heterocycles. The quantitative estimate of drug-likeness (QED) is 0.442. The van der Waals surface area contributed by atoms with E-state index >= 15 is 0 Å². The van der Waals surface area contributed by atoms with Crippen LogP contribution in [-0.2, 0) is 13.0 Å². The number of ether oxygens (including phenoxy) is 1. The van der Waals surface area contributed by atoms with E-state index in [1.807, 2.05) is 44.2 Å². The van der Waals surface area contributed by atoms with Gasteiger partial charge in [-0.3, -0.25) is 0 Å². The topological polar surface area (TPSA) is 71.7 Å². The molecule has 0 unspecified atom stereocenters. The largest absolute Gasteiger partial charge is 0.492 e. The minimum atomic E-state index is 0.459. The molecule has 0 amide bonds. The van der Waals surface area contributed by atoms with Crippen LogP contribution in [0.15, 0.2) is 39.8 Å². The zero-order chi connectivity index (χ0) is 17.2. The van der Waals surface area contributed by atoms with Crippen LogP contribution >= 0.6 is 0 Å². The molecule has 0 fully saturated rings. The Morgan fingerprint density at radius 3 is 2.67 bits per heavy atom. The van der Waals surface area contributed by atoms with Gasteiger partial charge in [0.25, 0.3) is 0 Å². The molecule has 0 aliphatic rings. The molecule has 130 valence electrons. The predicted octanol–water partition coefficient (Wildman–Crippen LogP) is 2.68. The van der Waals surface area contributed by atoms with E-state index < -0.39 is 0 Å². The van der Waals surface area contributed by atoms with Crippen LogP contribution in [0.5, 0.6) is 5.75 Å². The van der Waals surface area contributed by atoms with Gasteiger partial charge >= 0.3 is 0 Å². The number of hydrogen-bond acceptors (Lipinski definition) is 4. The monoisotopic (exact) mass is 330 g/mol.